The van der Waals surface area contributed by atoms with Crippen LogP contribution in [0.1, 0.15) is 11.1 Å². The molecule has 96 valence electrons. The van der Waals surface area contributed by atoms with Crippen LogP contribution in [0.15, 0.2) is 40.9 Å². The van der Waals surface area contributed by atoms with E-state index in [4.69, 9.17) is 11.6 Å². The highest BCUT2D eigenvalue weighted by molar-refractivity contribution is 9.10. The first-order valence-electron chi connectivity index (χ1n) is 5.83. The summed E-state index contributed by atoms with van der Waals surface area (Å²) < 4.78 is 14.4. The SMILES string of the molecule is Fc1c(Br)cccc1C=C1CNc2cc(Cl)ccc21. The van der Waals surface area contributed by atoms with Crippen molar-refractivity contribution in [3.8, 4) is 0 Å². The van der Waals surface area contributed by atoms with Crippen LogP contribution in [0, 0.1) is 5.82 Å². The van der Waals surface area contributed by atoms with Crippen molar-refractivity contribution in [2.45, 2.75) is 0 Å². The fourth-order valence-electron chi connectivity index (χ4n) is 2.18. The average Bonchev–Trinajstić information content (AvgIpc) is 2.77. The molecule has 0 amide bonds. The molecule has 1 aliphatic rings. The largest absolute Gasteiger partial charge is 0.380 e. The van der Waals surface area contributed by atoms with E-state index in [1.165, 1.54) is 0 Å². The predicted octanol–water partition coefficient (Wildman–Crippen LogP) is 5.21. The van der Waals surface area contributed by atoms with Crippen LogP contribution >= 0.6 is 27.5 Å². The number of hydrogen-bond donors (Lipinski definition) is 1. The molecule has 3 rings (SSSR count). The summed E-state index contributed by atoms with van der Waals surface area (Å²) in [4.78, 5) is 0. The fourth-order valence-corrected chi connectivity index (χ4v) is 2.73. The van der Waals surface area contributed by atoms with E-state index in [1.807, 2.05) is 30.3 Å². The Bertz CT molecular complexity index is 682. The lowest BCUT2D eigenvalue weighted by Gasteiger charge is -2.02. The maximum Gasteiger partial charge on any atom is 0.144 e. The minimum Gasteiger partial charge on any atom is -0.380 e. The number of nitrogens with one attached hydrogen (secondary N) is 1. The topological polar surface area (TPSA) is 12.0 Å². The number of anilines is 1. The molecular weight excluding hydrogens is 329 g/mol. The summed E-state index contributed by atoms with van der Waals surface area (Å²) in [6.07, 6.45) is 1.87. The molecule has 19 heavy (non-hydrogen) atoms. The Kier molecular flexibility index (Phi) is 3.33. The van der Waals surface area contributed by atoms with E-state index in [1.54, 1.807) is 12.1 Å². The molecule has 1 N–H and O–H groups in total. The van der Waals surface area contributed by atoms with Gasteiger partial charge in [0.25, 0.3) is 0 Å². The van der Waals surface area contributed by atoms with Crippen LogP contribution in [0.5, 0.6) is 0 Å². The Morgan fingerprint density at radius 1 is 1.26 bits per heavy atom. The van der Waals surface area contributed by atoms with Crippen molar-refractivity contribution in [1.82, 2.24) is 0 Å². The third-order valence-electron chi connectivity index (χ3n) is 3.11. The summed E-state index contributed by atoms with van der Waals surface area (Å²) in [5, 5.41) is 3.95. The lowest BCUT2D eigenvalue weighted by atomic mass is 10.0. The van der Waals surface area contributed by atoms with E-state index in [0.29, 0.717) is 21.6 Å². The van der Waals surface area contributed by atoms with E-state index in [2.05, 4.69) is 21.2 Å². The summed E-state index contributed by atoms with van der Waals surface area (Å²) in [6.45, 7) is 0.682. The van der Waals surface area contributed by atoms with Crippen LogP contribution in [0.25, 0.3) is 11.6 Å². The smallest absolute Gasteiger partial charge is 0.144 e. The molecule has 0 unspecified atom stereocenters. The van der Waals surface area contributed by atoms with E-state index >= 15 is 0 Å². The van der Waals surface area contributed by atoms with Gasteiger partial charge in [-0.3, -0.25) is 0 Å². The maximum absolute atomic E-state index is 14.0. The third kappa shape index (κ3) is 2.40. The van der Waals surface area contributed by atoms with Crippen molar-refractivity contribution in [2.75, 3.05) is 11.9 Å². The van der Waals surface area contributed by atoms with Gasteiger partial charge in [0.05, 0.1) is 4.47 Å². The van der Waals surface area contributed by atoms with E-state index in [-0.39, 0.29) is 5.82 Å². The number of rotatable bonds is 1. The molecule has 0 aromatic heterocycles. The standard InChI is InChI=1S/C15H10BrClFN/c16-13-3-1-2-9(15(13)18)6-10-8-19-14-7-11(17)4-5-12(10)14/h1-7,19H,8H2. The first kappa shape index (κ1) is 12.7. The number of halogens is 3. The normalized spacial score (nSPS) is 15.4. The summed E-state index contributed by atoms with van der Waals surface area (Å²) in [6, 6.07) is 11.0. The molecule has 2 aromatic rings. The first-order chi connectivity index (χ1) is 9.15. The summed E-state index contributed by atoms with van der Waals surface area (Å²) in [5.74, 6) is -0.239. The molecule has 4 heteroatoms. The quantitative estimate of drug-likeness (QED) is 0.753. The van der Waals surface area contributed by atoms with Crippen LogP contribution in [0.2, 0.25) is 5.02 Å². The lowest BCUT2D eigenvalue weighted by Crippen LogP contribution is -1.92. The van der Waals surface area contributed by atoms with Gasteiger partial charge in [0.2, 0.25) is 0 Å². The van der Waals surface area contributed by atoms with Gasteiger partial charge in [-0.1, -0.05) is 29.8 Å². The molecule has 0 spiro atoms. The van der Waals surface area contributed by atoms with Crippen LogP contribution in [-0.2, 0) is 0 Å². The monoisotopic (exact) mass is 337 g/mol. The highest BCUT2D eigenvalue weighted by Gasteiger charge is 2.16. The van der Waals surface area contributed by atoms with Crippen LogP contribution in [0.4, 0.5) is 10.1 Å². The highest BCUT2D eigenvalue weighted by Crippen LogP contribution is 2.34. The van der Waals surface area contributed by atoms with Gasteiger partial charge in [-0.25, -0.2) is 4.39 Å². The second kappa shape index (κ2) is 4.99. The zero-order valence-electron chi connectivity index (χ0n) is 9.88. The average molecular weight is 339 g/mol. The van der Waals surface area contributed by atoms with Crippen LogP contribution in [0.3, 0.4) is 0 Å². The van der Waals surface area contributed by atoms with Gasteiger partial charge in [-0.05, 0) is 45.8 Å². The molecule has 1 nitrogen and oxygen atoms in total. The van der Waals surface area contributed by atoms with Crippen LogP contribution < -0.4 is 5.32 Å². The molecular formula is C15H10BrClFN. The van der Waals surface area contributed by atoms with Gasteiger partial charge >= 0.3 is 0 Å². The zero-order chi connectivity index (χ0) is 13.4. The van der Waals surface area contributed by atoms with Crippen molar-refractivity contribution in [1.29, 1.82) is 0 Å². The van der Waals surface area contributed by atoms with Gasteiger partial charge in [-0.15, -0.1) is 0 Å². The number of hydrogen-bond acceptors (Lipinski definition) is 1. The van der Waals surface area contributed by atoms with Crippen molar-refractivity contribution in [3.63, 3.8) is 0 Å². The van der Waals surface area contributed by atoms with Gasteiger partial charge in [0.15, 0.2) is 0 Å². The Hall–Kier alpha value is -1.32. The Morgan fingerprint density at radius 3 is 2.95 bits per heavy atom. The molecule has 0 atom stereocenters. The van der Waals surface area contributed by atoms with Crippen molar-refractivity contribution in [3.05, 3.63) is 62.8 Å². The minimum absolute atomic E-state index is 0.239. The Balaban J connectivity index is 2.06. The third-order valence-corrected chi connectivity index (χ3v) is 3.96. The highest BCUT2D eigenvalue weighted by atomic mass is 79.9. The van der Waals surface area contributed by atoms with Gasteiger partial charge in [0, 0.05) is 28.4 Å². The molecule has 1 heterocycles. The van der Waals surface area contributed by atoms with Gasteiger partial charge in [0.1, 0.15) is 5.82 Å². The fraction of sp³-hybridized carbons (Fsp3) is 0.0667. The first-order valence-corrected chi connectivity index (χ1v) is 7.00. The summed E-state index contributed by atoms with van der Waals surface area (Å²) in [7, 11) is 0. The van der Waals surface area contributed by atoms with Crippen LogP contribution in [-0.4, -0.2) is 6.54 Å². The van der Waals surface area contributed by atoms with E-state index in [0.717, 1.165) is 16.8 Å². The summed E-state index contributed by atoms with van der Waals surface area (Å²) >= 11 is 9.15. The Labute approximate surface area is 124 Å². The predicted molar refractivity (Wildman–Crippen MR) is 81.9 cm³/mol. The Morgan fingerprint density at radius 2 is 2.11 bits per heavy atom. The van der Waals surface area contributed by atoms with Crippen molar-refractivity contribution < 1.29 is 4.39 Å². The number of benzene rings is 2. The van der Waals surface area contributed by atoms with Gasteiger partial charge < -0.3 is 5.32 Å². The molecule has 1 aliphatic heterocycles. The number of fused-ring (bicyclic) bond motifs is 1. The lowest BCUT2D eigenvalue weighted by molar-refractivity contribution is 0.618. The molecule has 0 saturated heterocycles. The molecule has 0 radical (unpaired) electrons. The molecule has 0 fully saturated rings. The van der Waals surface area contributed by atoms with Crippen molar-refractivity contribution >= 4 is 44.9 Å². The van der Waals surface area contributed by atoms with Gasteiger partial charge in [-0.2, -0.15) is 0 Å². The van der Waals surface area contributed by atoms with E-state index < -0.39 is 0 Å². The zero-order valence-corrected chi connectivity index (χ0v) is 12.2. The molecule has 2 aromatic carbocycles. The summed E-state index contributed by atoms with van der Waals surface area (Å²) in [5.41, 5.74) is 3.70. The maximum atomic E-state index is 14.0. The van der Waals surface area contributed by atoms with E-state index in [9.17, 15) is 4.39 Å². The molecule has 0 bridgehead atoms. The van der Waals surface area contributed by atoms with Crippen molar-refractivity contribution in [2.24, 2.45) is 0 Å². The minimum atomic E-state index is -0.239. The molecule has 0 saturated carbocycles. The second-order valence-electron chi connectivity index (χ2n) is 4.36. The second-order valence-corrected chi connectivity index (χ2v) is 5.65. The molecule has 0 aliphatic carbocycles.